The van der Waals surface area contributed by atoms with E-state index in [0.29, 0.717) is 24.6 Å². The Kier molecular flexibility index (Phi) is 3.20. The Morgan fingerprint density at radius 1 is 1.30 bits per heavy atom. The molecule has 2 heterocycles. The van der Waals surface area contributed by atoms with Crippen LogP contribution in [0.1, 0.15) is 18.7 Å². The van der Waals surface area contributed by atoms with E-state index >= 15 is 0 Å². The molecule has 20 heavy (non-hydrogen) atoms. The van der Waals surface area contributed by atoms with Crippen LogP contribution in [0.2, 0.25) is 0 Å². The van der Waals surface area contributed by atoms with Crippen LogP contribution in [0.3, 0.4) is 0 Å². The summed E-state index contributed by atoms with van der Waals surface area (Å²) in [5.74, 6) is 0.0670. The molecule has 102 valence electrons. The minimum Gasteiger partial charge on any atom is -0.481 e. The van der Waals surface area contributed by atoms with Gasteiger partial charge in [-0.1, -0.05) is 23.4 Å². The molecule has 1 aromatic carbocycles. The number of aliphatic carboxylic acids is 1. The molecule has 0 fully saturated rings. The molecule has 0 aliphatic rings. The zero-order valence-electron chi connectivity index (χ0n) is 10.6. The number of nitrogens with zero attached hydrogens (tertiary/aromatic N) is 2. The molecule has 2 aromatic heterocycles. The first-order valence-corrected chi connectivity index (χ1v) is 6.25. The SMILES string of the molecule is O=C(O)CCCc1nc(-c2coc3ccccc23)no1. The molecule has 0 radical (unpaired) electrons. The van der Waals surface area contributed by atoms with Crippen molar-refractivity contribution in [2.45, 2.75) is 19.3 Å². The number of hydrogen-bond acceptors (Lipinski definition) is 5. The van der Waals surface area contributed by atoms with Gasteiger partial charge in [0.1, 0.15) is 11.8 Å². The molecule has 3 rings (SSSR count). The lowest BCUT2D eigenvalue weighted by Crippen LogP contribution is -1.95. The Hall–Kier alpha value is -2.63. The molecule has 0 aliphatic heterocycles. The van der Waals surface area contributed by atoms with Crippen molar-refractivity contribution in [1.29, 1.82) is 0 Å². The first-order chi connectivity index (χ1) is 9.74. The van der Waals surface area contributed by atoms with Gasteiger partial charge >= 0.3 is 5.97 Å². The molecular formula is C14H12N2O4. The molecule has 0 saturated heterocycles. The van der Waals surface area contributed by atoms with Crippen LogP contribution in [0.15, 0.2) is 39.5 Å². The number of rotatable bonds is 5. The zero-order chi connectivity index (χ0) is 13.9. The number of carbonyl (C=O) groups is 1. The first kappa shape index (κ1) is 12.4. The number of aryl methyl sites for hydroxylation is 1. The summed E-state index contributed by atoms with van der Waals surface area (Å²) in [6.45, 7) is 0. The smallest absolute Gasteiger partial charge is 0.303 e. The number of hydrogen-bond donors (Lipinski definition) is 1. The highest BCUT2D eigenvalue weighted by atomic mass is 16.5. The van der Waals surface area contributed by atoms with Gasteiger partial charge in [0.2, 0.25) is 11.7 Å². The van der Waals surface area contributed by atoms with Gasteiger partial charge in [0, 0.05) is 18.2 Å². The highest BCUT2D eigenvalue weighted by molar-refractivity contribution is 5.91. The maximum absolute atomic E-state index is 10.4. The van der Waals surface area contributed by atoms with Crippen LogP contribution >= 0.6 is 0 Å². The van der Waals surface area contributed by atoms with E-state index in [0.717, 1.165) is 16.5 Å². The fraction of sp³-hybridized carbons (Fsp3) is 0.214. The lowest BCUT2D eigenvalue weighted by atomic mass is 10.2. The summed E-state index contributed by atoms with van der Waals surface area (Å²) >= 11 is 0. The Balaban J connectivity index is 1.81. The van der Waals surface area contributed by atoms with E-state index < -0.39 is 5.97 Å². The Labute approximate surface area is 114 Å². The van der Waals surface area contributed by atoms with Crippen LogP contribution in [0.4, 0.5) is 0 Å². The van der Waals surface area contributed by atoms with Gasteiger partial charge in [-0.2, -0.15) is 4.98 Å². The fourth-order valence-electron chi connectivity index (χ4n) is 2.01. The maximum Gasteiger partial charge on any atom is 0.303 e. The van der Waals surface area contributed by atoms with E-state index in [1.807, 2.05) is 24.3 Å². The standard InChI is InChI=1S/C14H12N2O4/c17-13(18)7-3-6-12-15-14(16-20-12)10-8-19-11-5-2-1-4-9(10)11/h1-2,4-5,8H,3,6-7H2,(H,17,18). The summed E-state index contributed by atoms with van der Waals surface area (Å²) in [5, 5.41) is 13.4. The first-order valence-electron chi connectivity index (χ1n) is 6.25. The Morgan fingerprint density at radius 2 is 2.15 bits per heavy atom. The number of aromatic nitrogens is 2. The third-order valence-electron chi connectivity index (χ3n) is 2.97. The van der Waals surface area contributed by atoms with Gasteiger partial charge < -0.3 is 14.0 Å². The second-order valence-corrected chi connectivity index (χ2v) is 4.40. The second kappa shape index (κ2) is 5.16. The van der Waals surface area contributed by atoms with Gasteiger partial charge in [-0.3, -0.25) is 4.79 Å². The van der Waals surface area contributed by atoms with Crippen LogP contribution in [-0.4, -0.2) is 21.2 Å². The van der Waals surface area contributed by atoms with Crippen molar-refractivity contribution in [2.24, 2.45) is 0 Å². The van der Waals surface area contributed by atoms with E-state index in [9.17, 15) is 4.79 Å². The van der Waals surface area contributed by atoms with Crippen molar-refractivity contribution in [1.82, 2.24) is 10.1 Å². The normalized spacial score (nSPS) is 11.0. The third-order valence-corrected chi connectivity index (χ3v) is 2.97. The Bertz CT molecular complexity index is 744. The molecule has 0 spiro atoms. The predicted octanol–water partition coefficient (Wildman–Crippen LogP) is 2.89. The fourth-order valence-corrected chi connectivity index (χ4v) is 2.01. The van der Waals surface area contributed by atoms with Crippen molar-refractivity contribution >= 4 is 16.9 Å². The monoisotopic (exact) mass is 272 g/mol. The number of benzene rings is 1. The van der Waals surface area contributed by atoms with Crippen LogP contribution in [0, 0.1) is 0 Å². The summed E-state index contributed by atoms with van der Waals surface area (Å²) in [7, 11) is 0. The van der Waals surface area contributed by atoms with Crippen molar-refractivity contribution in [2.75, 3.05) is 0 Å². The molecule has 0 saturated carbocycles. The van der Waals surface area contributed by atoms with Gasteiger partial charge in [-0.25, -0.2) is 0 Å². The van der Waals surface area contributed by atoms with Crippen molar-refractivity contribution in [3.05, 3.63) is 36.4 Å². The lowest BCUT2D eigenvalue weighted by Gasteiger charge is -1.91. The third kappa shape index (κ3) is 2.40. The summed E-state index contributed by atoms with van der Waals surface area (Å²) in [6, 6.07) is 7.60. The molecule has 1 N–H and O–H groups in total. The summed E-state index contributed by atoms with van der Waals surface area (Å²) in [5.41, 5.74) is 1.54. The molecular weight excluding hydrogens is 260 g/mol. The Morgan fingerprint density at radius 3 is 3.00 bits per heavy atom. The van der Waals surface area contributed by atoms with Gasteiger partial charge in [0.15, 0.2) is 0 Å². The molecule has 6 heteroatoms. The van der Waals surface area contributed by atoms with Crippen molar-refractivity contribution in [3.63, 3.8) is 0 Å². The summed E-state index contributed by atoms with van der Waals surface area (Å²) < 4.78 is 10.5. The average molecular weight is 272 g/mol. The molecule has 0 unspecified atom stereocenters. The minimum atomic E-state index is -0.828. The van der Waals surface area contributed by atoms with Crippen LogP contribution in [-0.2, 0) is 11.2 Å². The van der Waals surface area contributed by atoms with Gasteiger partial charge in [0.05, 0.1) is 5.56 Å². The summed E-state index contributed by atoms with van der Waals surface area (Å²) in [4.78, 5) is 14.7. The van der Waals surface area contributed by atoms with Gasteiger partial charge in [-0.05, 0) is 12.5 Å². The summed E-state index contributed by atoms with van der Waals surface area (Å²) in [6.07, 6.45) is 2.61. The molecule has 6 nitrogen and oxygen atoms in total. The zero-order valence-corrected chi connectivity index (χ0v) is 10.6. The molecule has 0 amide bonds. The maximum atomic E-state index is 10.4. The van der Waals surface area contributed by atoms with E-state index in [2.05, 4.69) is 10.1 Å². The number of carboxylic acid groups (broad SMARTS) is 1. The van der Waals surface area contributed by atoms with E-state index in [1.165, 1.54) is 0 Å². The molecule has 0 aliphatic carbocycles. The number of para-hydroxylation sites is 1. The molecule has 3 aromatic rings. The van der Waals surface area contributed by atoms with E-state index in [4.69, 9.17) is 14.0 Å². The van der Waals surface area contributed by atoms with Crippen LogP contribution in [0.5, 0.6) is 0 Å². The van der Waals surface area contributed by atoms with E-state index in [1.54, 1.807) is 6.26 Å². The second-order valence-electron chi connectivity index (χ2n) is 4.40. The average Bonchev–Trinajstić information content (AvgIpc) is 3.04. The largest absolute Gasteiger partial charge is 0.481 e. The minimum absolute atomic E-state index is 0.0896. The van der Waals surface area contributed by atoms with Crippen LogP contribution in [0.25, 0.3) is 22.4 Å². The van der Waals surface area contributed by atoms with E-state index in [-0.39, 0.29) is 6.42 Å². The topological polar surface area (TPSA) is 89.4 Å². The molecule has 0 bridgehead atoms. The number of carboxylic acids is 1. The highest BCUT2D eigenvalue weighted by Gasteiger charge is 2.14. The number of fused-ring (bicyclic) bond motifs is 1. The molecule has 0 atom stereocenters. The predicted molar refractivity (Wildman–Crippen MR) is 70.1 cm³/mol. The van der Waals surface area contributed by atoms with Crippen molar-refractivity contribution < 1.29 is 18.8 Å². The lowest BCUT2D eigenvalue weighted by molar-refractivity contribution is -0.137. The van der Waals surface area contributed by atoms with Gasteiger partial charge in [0.25, 0.3) is 0 Å². The van der Waals surface area contributed by atoms with Gasteiger partial charge in [-0.15, -0.1) is 0 Å². The number of furan rings is 1. The quantitative estimate of drug-likeness (QED) is 0.768. The van der Waals surface area contributed by atoms with Crippen molar-refractivity contribution in [3.8, 4) is 11.4 Å². The highest BCUT2D eigenvalue weighted by Crippen LogP contribution is 2.28. The van der Waals surface area contributed by atoms with Crippen LogP contribution < -0.4 is 0 Å².